The lowest BCUT2D eigenvalue weighted by Crippen LogP contribution is -2.12. The molecule has 0 heterocycles. The Balaban J connectivity index is 1.84. The summed E-state index contributed by atoms with van der Waals surface area (Å²) in [7, 11) is 0. The van der Waals surface area contributed by atoms with Gasteiger partial charge < -0.3 is 5.11 Å². The van der Waals surface area contributed by atoms with Crippen LogP contribution in [-0.4, -0.2) is 10.9 Å². The van der Waals surface area contributed by atoms with Gasteiger partial charge in [0.2, 0.25) is 0 Å². The summed E-state index contributed by atoms with van der Waals surface area (Å²) in [5, 5.41) is 9.80. The first-order valence-electron chi connectivity index (χ1n) is 6.56. The zero-order valence-corrected chi connectivity index (χ0v) is 10.9. The molecule has 19 heavy (non-hydrogen) atoms. The molecule has 0 spiro atoms. The number of aryl methyl sites for hydroxylation is 1. The molecule has 0 saturated carbocycles. The Morgan fingerprint density at radius 1 is 1.16 bits per heavy atom. The molecule has 2 aromatic carbocycles. The molecule has 0 saturated heterocycles. The summed E-state index contributed by atoms with van der Waals surface area (Å²) in [4.78, 5) is 12.3. The number of hydrogen-bond acceptors (Lipinski definition) is 2. The molecule has 1 N–H and O–H groups in total. The molecular formula is C17H16O2. The lowest BCUT2D eigenvalue weighted by molar-refractivity contribution is 0.0934. The Kier molecular flexibility index (Phi) is 2.86. The van der Waals surface area contributed by atoms with Crippen molar-refractivity contribution in [2.24, 2.45) is 5.92 Å². The molecular weight excluding hydrogens is 236 g/mol. The number of aromatic hydroxyl groups is 1. The molecule has 0 aromatic heterocycles. The number of phenols is 1. The highest BCUT2D eigenvalue weighted by Gasteiger charge is 2.32. The van der Waals surface area contributed by atoms with Crippen molar-refractivity contribution >= 4 is 5.78 Å². The van der Waals surface area contributed by atoms with E-state index >= 15 is 0 Å². The van der Waals surface area contributed by atoms with Crippen LogP contribution in [0.5, 0.6) is 5.75 Å². The van der Waals surface area contributed by atoms with E-state index in [1.165, 1.54) is 11.1 Å². The molecule has 1 aliphatic carbocycles. The minimum Gasteiger partial charge on any atom is -0.507 e. The van der Waals surface area contributed by atoms with Gasteiger partial charge in [0.05, 0.1) is 5.56 Å². The highest BCUT2D eigenvalue weighted by molar-refractivity contribution is 6.04. The average Bonchev–Trinajstić information content (AvgIpc) is 2.71. The van der Waals surface area contributed by atoms with E-state index in [1.54, 1.807) is 12.1 Å². The molecule has 1 aliphatic rings. The minimum absolute atomic E-state index is 0.0361. The Morgan fingerprint density at radius 3 is 2.58 bits per heavy atom. The van der Waals surface area contributed by atoms with E-state index in [9.17, 15) is 9.90 Å². The third-order valence-corrected chi connectivity index (χ3v) is 3.81. The van der Waals surface area contributed by atoms with Crippen LogP contribution in [0.25, 0.3) is 0 Å². The minimum atomic E-state index is -0.0361. The maximum Gasteiger partial charge on any atom is 0.170 e. The standard InChI is InChI=1S/C17H16O2/c1-11-5-7-12(8-6-11)9-14-10-13-3-2-4-15(18)16(13)17(14)19/h2-8,14,18H,9-10H2,1H3. The Labute approximate surface area is 112 Å². The van der Waals surface area contributed by atoms with E-state index in [0.717, 1.165) is 18.4 Å². The van der Waals surface area contributed by atoms with Crippen LogP contribution in [0.15, 0.2) is 42.5 Å². The van der Waals surface area contributed by atoms with Gasteiger partial charge in [0.25, 0.3) is 0 Å². The molecule has 0 aliphatic heterocycles. The van der Waals surface area contributed by atoms with E-state index in [-0.39, 0.29) is 17.5 Å². The van der Waals surface area contributed by atoms with Crippen LogP contribution >= 0.6 is 0 Å². The molecule has 0 amide bonds. The largest absolute Gasteiger partial charge is 0.507 e. The van der Waals surface area contributed by atoms with E-state index in [2.05, 4.69) is 31.2 Å². The molecule has 1 unspecified atom stereocenters. The second kappa shape index (κ2) is 4.54. The fourth-order valence-electron chi connectivity index (χ4n) is 2.78. The van der Waals surface area contributed by atoms with Crippen molar-refractivity contribution in [3.05, 3.63) is 64.7 Å². The van der Waals surface area contributed by atoms with Gasteiger partial charge in [0.1, 0.15) is 5.75 Å². The first-order chi connectivity index (χ1) is 9.15. The summed E-state index contributed by atoms with van der Waals surface area (Å²) in [6.45, 7) is 2.05. The van der Waals surface area contributed by atoms with Crippen molar-refractivity contribution in [1.82, 2.24) is 0 Å². The number of Topliss-reactive ketones (excluding diaryl/α,β-unsaturated/α-hetero) is 1. The van der Waals surface area contributed by atoms with Crippen molar-refractivity contribution in [3.63, 3.8) is 0 Å². The third-order valence-electron chi connectivity index (χ3n) is 3.81. The summed E-state index contributed by atoms with van der Waals surface area (Å²) in [6.07, 6.45) is 1.48. The Bertz CT molecular complexity index is 626. The Morgan fingerprint density at radius 2 is 1.89 bits per heavy atom. The fraction of sp³-hybridized carbons (Fsp3) is 0.235. The van der Waals surface area contributed by atoms with Crippen molar-refractivity contribution in [2.45, 2.75) is 19.8 Å². The van der Waals surface area contributed by atoms with Gasteiger partial charge in [-0.3, -0.25) is 4.79 Å². The number of phenolic OH excluding ortho intramolecular Hbond substituents is 1. The number of rotatable bonds is 2. The second-order valence-electron chi connectivity index (χ2n) is 5.27. The Hall–Kier alpha value is -2.09. The molecule has 96 valence electrons. The molecule has 0 radical (unpaired) electrons. The van der Waals surface area contributed by atoms with Gasteiger partial charge in [-0.05, 0) is 37.0 Å². The molecule has 1 atom stereocenters. The summed E-state index contributed by atoms with van der Waals surface area (Å²) >= 11 is 0. The molecule has 2 aromatic rings. The predicted octanol–water partition coefficient (Wildman–Crippen LogP) is 3.30. The second-order valence-corrected chi connectivity index (χ2v) is 5.27. The van der Waals surface area contributed by atoms with Crippen LogP contribution in [0.4, 0.5) is 0 Å². The van der Waals surface area contributed by atoms with Gasteiger partial charge in [-0.25, -0.2) is 0 Å². The topological polar surface area (TPSA) is 37.3 Å². The SMILES string of the molecule is Cc1ccc(CC2Cc3cccc(O)c3C2=O)cc1. The summed E-state index contributed by atoms with van der Waals surface area (Å²) in [5.74, 6) is 0.161. The lowest BCUT2D eigenvalue weighted by Gasteiger charge is -2.08. The van der Waals surface area contributed by atoms with Crippen LogP contribution in [0, 0.1) is 12.8 Å². The fourth-order valence-corrected chi connectivity index (χ4v) is 2.78. The third kappa shape index (κ3) is 2.14. The van der Waals surface area contributed by atoms with Gasteiger partial charge in [-0.1, -0.05) is 42.0 Å². The van der Waals surface area contributed by atoms with E-state index in [0.29, 0.717) is 5.56 Å². The number of fused-ring (bicyclic) bond motifs is 1. The number of benzene rings is 2. The zero-order valence-electron chi connectivity index (χ0n) is 10.9. The van der Waals surface area contributed by atoms with Crippen LogP contribution in [-0.2, 0) is 12.8 Å². The number of ketones is 1. The molecule has 2 nitrogen and oxygen atoms in total. The molecule has 2 heteroatoms. The number of carbonyl (C=O) groups excluding carboxylic acids is 1. The number of hydrogen-bond donors (Lipinski definition) is 1. The van der Waals surface area contributed by atoms with Crippen LogP contribution < -0.4 is 0 Å². The van der Waals surface area contributed by atoms with Crippen LogP contribution in [0.3, 0.4) is 0 Å². The lowest BCUT2D eigenvalue weighted by atomic mass is 9.95. The van der Waals surface area contributed by atoms with Gasteiger partial charge in [0.15, 0.2) is 5.78 Å². The van der Waals surface area contributed by atoms with Crippen molar-refractivity contribution in [2.75, 3.05) is 0 Å². The quantitative estimate of drug-likeness (QED) is 0.890. The van der Waals surface area contributed by atoms with Gasteiger partial charge in [0, 0.05) is 5.92 Å². The molecule has 0 fully saturated rings. The smallest absolute Gasteiger partial charge is 0.170 e. The highest BCUT2D eigenvalue weighted by atomic mass is 16.3. The monoisotopic (exact) mass is 252 g/mol. The zero-order chi connectivity index (χ0) is 13.4. The van der Waals surface area contributed by atoms with Gasteiger partial charge >= 0.3 is 0 Å². The summed E-state index contributed by atoms with van der Waals surface area (Å²) in [5.41, 5.74) is 3.90. The van der Waals surface area contributed by atoms with Crippen molar-refractivity contribution in [3.8, 4) is 5.75 Å². The average molecular weight is 252 g/mol. The van der Waals surface area contributed by atoms with Crippen molar-refractivity contribution < 1.29 is 9.90 Å². The highest BCUT2D eigenvalue weighted by Crippen LogP contribution is 2.34. The van der Waals surface area contributed by atoms with E-state index in [4.69, 9.17) is 0 Å². The van der Waals surface area contributed by atoms with Gasteiger partial charge in [-0.2, -0.15) is 0 Å². The van der Waals surface area contributed by atoms with E-state index < -0.39 is 0 Å². The first kappa shape index (κ1) is 12.0. The molecule has 0 bridgehead atoms. The summed E-state index contributed by atoms with van der Waals surface area (Å²) in [6, 6.07) is 13.6. The van der Waals surface area contributed by atoms with Crippen LogP contribution in [0.2, 0.25) is 0 Å². The molecule has 3 rings (SSSR count). The normalized spacial score (nSPS) is 17.5. The summed E-state index contributed by atoms with van der Waals surface area (Å²) < 4.78 is 0. The van der Waals surface area contributed by atoms with E-state index in [1.807, 2.05) is 6.07 Å². The van der Waals surface area contributed by atoms with Crippen molar-refractivity contribution in [1.29, 1.82) is 0 Å². The maximum absolute atomic E-state index is 12.3. The maximum atomic E-state index is 12.3. The first-order valence-corrected chi connectivity index (χ1v) is 6.56. The van der Waals surface area contributed by atoms with Crippen LogP contribution in [0.1, 0.15) is 27.0 Å². The van der Waals surface area contributed by atoms with Gasteiger partial charge in [-0.15, -0.1) is 0 Å². The number of carbonyl (C=O) groups is 1. The predicted molar refractivity (Wildman–Crippen MR) is 74.5 cm³/mol.